The van der Waals surface area contributed by atoms with Crippen LogP contribution in [0.5, 0.6) is 0 Å². The van der Waals surface area contributed by atoms with E-state index in [-0.39, 0.29) is 17.8 Å². The van der Waals surface area contributed by atoms with Gasteiger partial charge in [-0.1, -0.05) is 18.2 Å². The van der Waals surface area contributed by atoms with E-state index in [0.717, 1.165) is 34.2 Å². The van der Waals surface area contributed by atoms with Gasteiger partial charge in [0.1, 0.15) is 0 Å². The molecule has 1 heterocycles. The van der Waals surface area contributed by atoms with Crippen molar-refractivity contribution in [3.05, 3.63) is 53.7 Å². The molecule has 1 saturated carbocycles. The number of alkyl halides is 3. The number of fused-ring (bicyclic) bond motifs is 1. The van der Waals surface area contributed by atoms with E-state index in [2.05, 4.69) is 5.10 Å². The fraction of sp³-hybridized carbons (Fsp3) is 0.333. The molecular weight excluding hydrogens is 369 g/mol. The van der Waals surface area contributed by atoms with E-state index in [9.17, 15) is 18.0 Å². The Bertz CT molecular complexity index is 1040. The van der Waals surface area contributed by atoms with Crippen molar-refractivity contribution in [1.82, 2.24) is 9.78 Å². The Morgan fingerprint density at radius 1 is 1.21 bits per heavy atom. The second-order valence-electron chi connectivity index (χ2n) is 7.04. The number of hydrogen-bond acceptors (Lipinski definition) is 3. The van der Waals surface area contributed by atoms with E-state index in [1.807, 2.05) is 19.2 Å². The quantitative estimate of drug-likeness (QED) is 0.596. The molecule has 0 N–H and O–H groups in total. The smallest absolute Gasteiger partial charge is 0.416 e. The van der Waals surface area contributed by atoms with Crippen molar-refractivity contribution in [3.63, 3.8) is 0 Å². The first-order valence-corrected chi connectivity index (χ1v) is 9.09. The third kappa shape index (κ3) is 3.25. The van der Waals surface area contributed by atoms with Crippen LogP contribution in [0.25, 0.3) is 22.0 Å². The Morgan fingerprint density at radius 2 is 1.93 bits per heavy atom. The molecule has 0 radical (unpaired) electrons. The van der Waals surface area contributed by atoms with Crippen molar-refractivity contribution in [2.24, 2.45) is 13.0 Å². The fourth-order valence-corrected chi connectivity index (χ4v) is 3.65. The van der Waals surface area contributed by atoms with Gasteiger partial charge in [0.2, 0.25) is 0 Å². The zero-order valence-electron chi connectivity index (χ0n) is 15.5. The van der Waals surface area contributed by atoms with Gasteiger partial charge >= 0.3 is 12.1 Å². The number of esters is 1. The molecule has 1 aliphatic rings. The van der Waals surface area contributed by atoms with Gasteiger partial charge in [-0.05, 0) is 54.2 Å². The number of aryl methyl sites for hydroxylation is 1. The number of ether oxygens (including phenoxy) is 1. The molecule has 2 aromatic carbocycles. The molecule has 0 amide bonds. The van der Waals surface area contributed by atoms with Crippen LogP contribution in [0.1, 0.15) is 30.4 Å². The summed E-state index contributed by atoms with van der Waals surface area (Å²) in [4.78, 5) is 12.1. The second-order valence-corrected chi connectivity index (χ2v) is 7.04. The number of hydrogen-bond donors (Lipinski definition) is 0. The van der Waals surface area contributed by atoms with Crippen LogP contribution in [0.3, 0.4) is 0 Å². The Kier molecular flexibility index (Phi) is 4.40. The van der Waals surface area contributed by atoms with Crippen LogP contribution in [0, 0.1) is 5.92 Å². The largest absolute Gasteiger partial charge is 0.466 e. The van der Waals surface area contributed by atoms with Gasteiger partial charge < -0.3 is 4.74 Å². The van der Waals surface area contributed by atoms with Crippen LogP contribution in [0.2, 0.25) is 0 Å². The van der Waals surface area contributed by atoms with Crippen molar-refractivity contribution in [1.29, 1.82) is 0 Å². The van der Waals surface area contributed by atoms with Crippen LogP contribution in [-0.2, 0) is 22.8 Å². The summed E-state index contributed by atoms with van der Waals surface area (Å²) in [7, 11) is 1.82. The summed E-state index contributed by atoms with van der Waals surface area (Å²) in [6.45, 7) is 2.12. The summed E-state index contributed by atoms with van der Waals surface area (Å²) in [6, 6.07) is 8.98. The molecule has 7 heteroatoms. The molecule has 4 nitrogen and oxygen atoms in total. The lowest BCUT2D eigenvalue weighted by Crippen LogP contribution is -2.07. The Balaban J connectivity index is 1.75. The number of carbonyl (C=O) groups excluding carboxylic acids is 1. The lowest BCUT2D eigenvalue weighted by molar-refractivity contribution is -0.144. The molecule has 3 aromatic rings. The highest BCUT2D eigenvalue weighted by Crippen LogP contribution is 2.51. The first-order chi connectivity index (χ1) is 13.3. The first-order valence-electron chi connectivity index (χ1n) is 9.09. The molecular formula is C21H19F3N2O2. The normalized spacial score (nSPS) is 19.0. The van der Waals surface area contributed by atoms with Gasteiger partial charge in [-0.15, -0.1) is 0 Å². The second kappa shape index (κ2) is 6.65. The molecule has 0 aliphatic heterocycles. The van der Waals surface area contributed by atoms with Crippen molar-refractivity contribution >= 4 is 16.9 Å². The molecule has 1 aromatic heterocycles. The van der Waals surface area contributed by atoms with Gasteiger partial charge in [0, 0.05) is 12.4 Å². The van der Waals surface area contributed by atoms with E-state index in [1.54, 1.807) is 17.8 Å². The van der Waals surface area contributed by atoms with E-state index in [0.29, 0.717) is 18.6 Å². The van der Waals surface area contributed by atoms with Crippen LogP contribution < -0.4 is 0 Å². The van der Waals surface area contributed by atoms with Crippen LogP contribution in [0.15, 0.2) is 42.6 Å². The maximum Gasteiger partial charge on any atom is 0.416 e. The lowest BCUT2D eigenvalue weighted by atomic mass is 9.96. The van der Waals surface area contributed by atoms with Crippen molar-refractivity contribution in [3.8, 4) is 11.1 Å². The molecule has 0 bridgehead atoms. The summed E-state index contributed by atoms with van der Waals surface area (Å²) in [5.74, 6) is -0.337. The van der Waals surface area contributed by atoms with Crippen LogP contribution in [-0.4, -0.2) is 22.4 Å². The van der Waals surface area contributed by atoms with E-state index in [4.69, 9.17) is 4.74 Å². The number of rotatable bonds is 4. The third-order valence-electron chi connectivity index (χ3n) is 5.22. The van der Waals surface area contributed by atoms with Gasteiger partial charge in [0.05, 0.1) is 29.8 Å². The monoisotopic (exact) mass is 388 g/mol. The summed E-state index contributed by atoms with van der Waals surface area (Å²) < 4.78 is 45.4. The SMILES string of the molecule is CCOC(=O)[C@@H]1C[C@@H]1c1cc(-c2ccc(C(F)(F)F)cc2)cc2c1cnn2C. The van der Waals surface area contributed by atoms with Crippen molar-refractivity contribution in [2.75, 3.05) is 6.61 Å². The van der Waals surface area contributed by atoms with Crippen LogP contribution in [0.4, 0.5) is 13.2 Å². The van der Waals surface area contributed by atoms with E-state index in [1.165, 1.54) is 12.1 Å². The minimum absolute atomic E-state index is 0.0418. The Hall–Kier alpha value is -2.83. The highest BCUT2D eigenvalue weighted by molar-refractivity contribution is 5.90. The fourth-order valence-electron chi connectivity index (χ4n) is 3.65. The summed E-state index contributed by atoms with van der Waals surface area (Å²) >= 11 is 0. The number of aromatic nitrogens is 2. The molecule has 28 heavy (non-hydrogen) atoms. The molecule has 0 unspecified atom stereocenters. The molecule has 2 atom stereocenters. The Morgan fingerprint density at radius 3 is 2.57 bits per heavy atom. The lowest BCUT2D eigenvalue weighted by Gasteiger charge is -2.11. The molecule has 1 aliphatic carbocycles. The van der Waals surface area contributed by atoms with Crippen molar-refractivity contribution < 1.29 is 22.7 Å². The summed E-state index contributed by atoms with van der Waals surface area (Å²) in [6.07, 6.45) is -1.89. The average Bonchev–Trinajstić information content (AvgIpc) is 3.38. The van der Waals surface area contributed by atoms with Gasteiger partial charge in [0.25, 0.3) is 0 Å². The maximum atomic E-state index is 12.8. The molecule has 4 rings (SSSR count). The number of carbonyl (C=O) groups is 1. The Labute approximate surface area is 159 Å². The number of nitrogens with zero attached hydrogens (tertiary/aromatic N) is 2. The minimum Gasteiger partial charge on any atom is -0.466 e. The maximum absolute atomic E-state index is 12.8. The molecule has 1 fully saturated rings. The minimum atomic E-state index is -4.36. The molecule has 0 saturated heterocycles. The number of benzene rings is 2. The summed E-state index contributed by atoms with van der Waals surface area (Å²) in [5, 5.41) is 5.26. The topological polar surface area (TPSA) is 44.1 Å². The predicted octanol–water partition coefficient (Wildman–Crippen LogP) is 4.93. The van der Waals surface area contributed by atoms with Gasteiger partial charge in [0.15, 0.2) is 0 Å². The van der Waals surface area contributed by atoms with Gasteiger partial charge in [-0.25, -0.2) is 0 Å². The zero-order chi connectivity index (χ0) is 20.1. The third-order valence-corrected chi connectivity index (χ3v) is 5.22. The van der Waals surface area contributed by atoms with E-state index < -0.39 is 11.7 Å². The number of halogens is 3. The van der Waals surface area contributed by atoms with Crippen molar-refractivity contribution in [2.45, 2.75) is 25.4 Å². The highest BCUT2D eigenvalue weighted by atomic mass is 19.4. The highest BCUT2D eigenvalue weighted by Gasteiger charge is 2.46. The molecule has 146 valence electrons. The summed E-state index contributed by atoms with van der Waals surface area (Å²) in [5.41, 5.74) is 2.67. The zero-order valence-corrected chi connectivity index (χ0v) is 15.5. The average molecular weight is 388 g/mol. The predicted molar refractivity (Wildman–Crippen MR) is 98.6 cm³/mol. The van der Waals surface area contributed by atoms with Gasteiger partial charge in [-0.2, -0.15) is 18.3 Å². The first kappa shape index (κ1) is 18.5. The standard InChI is InChI=1S/C21H19F3N2O2/c1-3-28-20(27)17-10-16(17)15-8-13(9-19-18(15)11-25-26(19)2)12-4-6-14(7-5-12)21(22,23)24/h4-9,11,16-17H,3,10H2,1-2H3/t16-,17-/m1/s1. The van der Waals surface area contributed by atoms with Crippen LogP contribution >= 0.6 is 0 Å². The van der Waals surface area contributed by atoms with Gasteiger partial charge in [-0.3, -0.25) is 9.48 Å². The molecule has 0 spiro atoms. The van der Waals surface area contributed by atoms with E-state index >= 15 is 0 Å².